The molecular weight excluding hydrogens is 294 g/mol. The predicted octanol–water partition coefficient (Wildman–Crippen LogP) is 3.61. The van der Waals surface area contributed by atoms with Crippen LogP contribution in [0.15, 0.2) is 41.6 Å². The van der Waals surface area contributed by atoms with Crippen molar-refractivity contribution >= 4 is 17.6 Å². The van der Waals surface area contributed by atoms with Gasteiger partial charge in [-0.15, -0.1) is 11.8 Å². The summed E-state index contributed by atoms with van der Waals surface area (Å²) in [4.78, 5) is 9.79. The van der Waals surface area contributed by atoms with Gasteiger partial charge in [0.25, 0.3) is 0 Å². The maximum atomic E-state index is 10.3. The lowest BCUT2D eigenvalue weighted by Crippen LogP contribution is -2.15. The minimum absolute atomic E-state index is 0.444. The second-order valence-corrected chi connectivity index (χ2v) is 6.51. The highest BCUT2D eigenvalue weighted by molar-refractivity contribution is 7.98. The van der Waals surface area contributed by atoms with Gasteiger partial charge in [-0.1, -0.05) is 18.6 Å². The molecule has 3 rings (SSSR count). The van der Waals surface area contributed by atoms with Crippen LogP contribution < -0.4 is 5.32 Å². The lowest BCUT2D eigenvalue weighted by atomic mass is 9.83. The minimum Gasteiger partial charge on any atom is -0.387 e. The molecule has 0 amide bonds. The minimum atomic E-state index is -0.543. The molecular formula is C17H21N3OS. The van der Waals surface area contributed by atoms with Gasteiger partial charge in [-0.2, -0.15) is 0 Å². The zero-order chi connectivity index (χ0) is 15.4. The highest BCUT2D eigenvalue weighted by Gasteiger charge is 2.21. The first kappa shape index (κ1) is 15.3. The van der Waals surface area contributed by atoms with Gasteiger partial charge in [0.15, 0.2) is 0 Å². The van der Waals surface area contributed by atoms with Crippen molar-refractivity contribution in [1.82, 2.24) is 9.97 Å². The number of aliphatic hydroxyl groups excluding tert-OH is 1. The van der Waals surface area contributed by atoms with Crippen molar-refractivity contribution in [1.29, 1.82) is 0 Å². The van der Waals surface area contributed by atoms with Crippen molar-refractivity contribution in [2.45, 2.75) is 36.2 Å². The van der Waals surface area contributed by atoms with Gasteiger partial charge in [0.1, 0.15) is 12.1 Å². The van der Waals surface area contributed by atoms with Gasteiger partial charge in [-0.05, 0) is 36.8 Å². The largest absolute Gasteiger partial charge is 0.387 e. The summed E-state index contributed by atoms with van der Waals surface area (Å²) >= 11 is 1.70. The Morgan fingerprint density at radius 3 is 2.68 bits per heavy atom. The second kappa shape index (κ2) is 7.11. The van der Waals surface area contributed by atoms with Crippen LogP contribution in [-0.4, -0.2) is 27.9 Å². The molecule has 0 bridgehead atoms. The zero-order valence-electron chi connectivity index (χ0n) is 12.7. The summed E-state index contributed by atoms with van der Waals surface area (Å²) in [7, 11) is 0. The maximum absolute atomic E-state index is 10.3. The lowest BCUT2D eigenvalue weighted by Gasteiger charge is -2.24. The van der Waals surface area contributed by atoms with Crippen molar-refractivity contribution in [2.24, 2.45) is 0 Å². The Morgan fingerprint density at radius 2 is 2.05 bits per heavy atom. The van der Waals surface area contributed by atoms with Gasteiger partial charge in [0, 0.05) is 29.1 Å². The topological polar surface area (TPSA) is 58.0 Å². The van der Waals surface area contributed by atoms with Gasteiger partial charge in [-0.25, -0.2) is 9.97 Å². The fourth-order valence-electron chi connectivity index (χ4n) is 2.54. The number of anilines is 1. The first-order chi connectivity index (χ1) is 10.8. The first-order valence-corrected chi connectivity index (χ1v) is 8.86. The molecule has 0 saturated heterocycles. The molecule has 0 spiro atoms. The molecule has 1 aromatic carbocycles. The number of nitrogens with zero attached hydrogens (tertiary/aromatic N) is 2. The third-order valence-corrected chi connectivity index (χ3v) is 4.93. The molecule has 1 fully saturated rings. The Morgan fingerprint density at radius 1 is 1.27 bits per heavy atom. The van der Waals surface area contributed by atoms with Gasteiger partial charge < -0.3 is 10.4 Å². The molecule has 5 heteroatoms. The fraction of sp³-hybridized carbons (Fsp3) is 0.412. The van der Waals surface area contributed by atoms with E-state index in [2.05, 4.69) is 15.3 Å². The summed E-state index contributed by atoms with van der Waals surface area (Å²) in [6, 6.07) is 10.0. The van der Waals surface area contributed by atoms with Crippen molar-refractivity contribution in [3.8, 4) is 0 Å². The molecule has 4 nitrogen and oxygen atoms in total. The summed E-state index contributed by atoms with van der Waals surface area (Å²) in [5, 5.41) is 13.5. The van der Waals surface area contributed by atoms with Crippen LogP contribution in [0.1, 0.15) is 42.5 Å². The first-order valence-electron chi connectivity index (χ1n) is 7.64. The summed E-state index contributed by atoms with van der Waals surface area (Å²) in [5.74, 6) is 1.38. The van der Waals surface area contributed by atoms with Crippen molar-refractivity contribution < 1.29 is 5.11 Å². The number of benzene rings is 1. The van der Waals surface area contributed by atoms with Crippen LogP contribution >= 0.6 is 11.8 Å². The zero-order valence-corrected chi connectivity index (χ0v) is 13.5. The monoisotopic (exact) mass is 315 g/mol. The molecule has 2 N–H and O–H groups in total. The molecule has 1 aliphatic carbocycles. The predicted molar refractivity (Wildman–Crippen MR) is 90.3 cm³/mol. The van der Waals surface area contributed by atoms with E-state index in [-0.39, 0.29) is 0 Å². The van der Waals surface area contributed by atoms with Crippen LogP contribution in [0.25, 0.3) is 0 Å². The average molecular weight is 315 g/mol. The van der Waals surface area contributed by atoms with Crippen molar-refractivity contribution in [2.75, 3.05) is 18.1 Å². The number of aliphatic hydroxyl groups is 1. The van der Waals surface area contributed by atoms with Crippen LogP contribution in [0.4, 0.5) is 5.82 Å². The number of nitrogens with one attached hydrogen (secondary N) is 1. The van der Waals surface area contributed by atoms with Gasteiger partial charge >= 0.3 is 0 Å². The average Bonchev–Trinajstić information content (AvgIpc) is 2.51. The Hall–Kier alpha value is -1.59. The fourth-order valence-corrected chi connectivity index (χ4v) is 2.95. The van der Waals surface area contributed by atoms with Crippen LogP contribution in [0.2, 0.25) is 0 Å². The lowest BCUT2D eigenvalue weighted by molar-refractivity contribution is 0.191. The highest BCUT2D eigenvalue weighted by Crippen LogP contribution is 2.35. The Kier molecular flexibility index (Phi) is 4.95. The maximum Gasteiger partial charge on any atom is 0.129 e. The molecule has 0 radical (unpaired) electrons. The van der Waals surface area contributed by atoms with Gasteiger partial charge in [0.2, 0.25) is 0 Å². The summed E-state index contributed by atoms with van der Waals surface area (Å²) in [6.45, 7) is 0.444. The molecule has 2 aromatic rings. The Bertz CT molecular complexity index is 614. The summed E-state index contributed by atoms with van der Waals surface area (Å²) in [5.41, 5.74) is 2.03. The molecule has 1 saturated carbocycles. The van der Waals surface area contributed by atoms with E-state index in [9.17, 15) is 5.11 Å². The molecule has 1 heterocycles. The Labute approximate surface area is 135 Å². The summed E-state index contributed by atoms with van der Waals surface area (Å²) in [6.07, 6.45) is 6.85. The van der Waals surface area contributed by atoms with Crippen LogP contribution in [0.3, 0.4) is 0 Å². The van der Waals surface area contributed by atoms with E-state index in [1.807, 2.05) is 36.6 Å². The SMILES string of the molecule is CSc1ccc(C(O)CNc2cc(C3CCC3)ncn2)cc1. The van der Waals surface area contributed by atoms with Crippen LogP contribution in [0.5, 0.6) is 0 Å². The van der Waals surface area contributed by atoms with Crippen LogP contribution in [-0.2, 0) is 0 Å². The molecule has 1 aromatic heterocycles. The smallest absolute Gasteiger partial charge is 0.129 e. The van der Waals surface area contributed by atoms with Gasteiger partial charge in [-0.3, -0.25) is 0 Å². The van der Waals surface area contributed by atoms with E-state index < -0.39 is 6.10 Å². The quantitative estimate of drug-likeness (QED) is 0.798. The third kappa shape index (κ3) is 3.59. The van der Waals surface area contributed by atoms with E-state index in [4.69, 9.17) is 0 Å². The third-order valence-electron chi connectivity index (χ3n) is 4.19. The molecule has 1 atom stereocenters. The number of hydrogen-bond acceptors (Lipinski definition) is 5. The number of thioether (sulfide) groups is 1. The van der Waals surface area contributed by atoms with Crippen molar-refractivity contribution in [3.05, 3.63) is 47.9 Å². The standard InChI is InChI=1S/C17H21N3OS/c1-22-14-7-5-13(6-8-14)16(21)10-18-17-9-15(19-11-20-17)12-3-2-4-12/h5-9,11-12,16,21H,2-4,10H2,1H3,(H,18,19,20). The summed E-state index contributed by atoms with van der Waals surface area (Å²) < 4.78 is 0. The molecule has 1 aliphatic rings. The Balaban J connectivity index is 1.59. The highest BCUT2D eigenvalue weighted by atomic mass is 32.2. The molecule has 22 heavy (non-hydrogen) atoms. The van der Waals surface area contributed by atoms with E-state index >= 15 is 0 Å². The number of rotatable bonds is 6. The molecule has 1 unspecified atom stereocenters. The van der Waals surface area contributed by atoms with E-state index in [0.29, 0.717) is 12.5 Å². The van der Waals surface area contributed by atoms with Crippen LogP contribution in [0, 0.1) is 0 Å². The van der Waals surface area contributed by atoms with E-state index in [0.717, 1.165) is 17.1 Å². The number of aromatic nitrogens is 2. The van der Waals surface area contributed by atoms with E-state index in [1.54, 1.807) is 18.1 Å². The number of hydrogen-bond donors (Lipinski definition) is 2. The van der Waals surface area contributed by atoms with E-state index in [1.165, 1.54) is 24.2 Å². The van der Waals surface area contributed by atoms with Gasteiger partial charge in [0.05, 0.1) is 6.10 Å². The normalized spacial score (nSPS) is 16.1. The van der Waals surface area contributed by atoms with Crippen molar-refractivity contribution in [3.63, 3.8) is 0 Å². The molecule has 0 aliphatic heterocycles. The second-order valence-electron chi connectivity index (χ2n) is 5.63. The molecule has 116 valence electrons.